The van der Waals surface area contributed by atoms with Crippen LogP contribution in [0.25, 0.3) is 0 Å². The van der Waals surface area contributed by atoms with Gasteiger partial charge < -0.3 is 15.0 Å². The molecule has 0 fully saturated rings. The number of sulfonamides is 1. The van der Waals surface area contributed by atoms with Gasteiger partial charge >= 0.3 is 0 Å². The third-order valence-corrected chi connectivity index (χ3v) is 7.93. The summed E-state index contributed by atoms with van der Waals surface area (Å²) in [6.45, 7) is 6.14. The molecule has 3 rings (SSSR count). The van der Waals surface area contributed by atoms with Crippen LogP contribution in [0.5, 0.6) is 5.75 Å². The van der Waals surface area contributed by atoms with Gasteiger partial charge in [-0.1, -0.05) is 35.9 Å². The largest absolute Gasteiger partial charge is 0.497 e. The van der Waals surface area contributed by atoms with E-state index in [2.05, 4.69) is 5.32 Å². The van der Waals surface area contributed by atoms with E-state index < -0.39 is 40.2 Å². The summed E-state index contributed by atoms with van der Waals surface area (Å²) in [6.07, 6.45) is 0. The van der Waals surface area contributed by atoms with Crippen LogP contribution in [0, 0.1) is 12.7 Å². The molecule has 0 spiro atoms. The maximum atomic E-state index is 14.6. The number of hydrogen-bond donors (Lipinski definition) is 1. The van der Waals surface area contributed by atoms with Crippen molar-refractivity contribution < 1.29 is 27.1 Å². The summed E-state index contributed by atoms with van der Waals surface area (Å²) >= 11 is 0. The lowest BCUT2D eigenvalue weighted by Crippen LogP contribution is -2.52. The minimum atomic E-state index is -4.21. The molecule has 0 aliphatic rings. The van der Waals surface area contributed by atoms with Gasteiger partial charge in [-0.2, -0.15) is 0 Å². The van der Waals surface area contributed by atoms with Crippen molar-refractivity contribution in [1.29, 1.82) is 0 Å². The van der Waals surface area contributed by atoms with Gasteiger partial charge in [0.2, 0.25) is 11.8 Å². The minimum absolute atomic E-state index is 0.0390. The van der Waals surface area contributed by atoms with Gasteiger partial charge in [-0.25, -0.2) is 12.8 Å². The van der Waals surface area contributed by atoms with Crippen LogP contribution in [-0.4, -0.2) is 50.9 Å². The molecule has 3 aromatic carbocycles. The van der Waals surface area contributed by atoms with Gasteiger partial charge in [-0.05, 0) is 70.2 Å². The number of amides is 2. The van der Waals surface area contributed by atoms with Crippen LogP contribution in [0.4, 0.5) is 10.1 Å². The number of carbonyl (C=O) groups excluding carboxylic acids is 2. The minimum Gasteiger partial charge on any atom is -0.497 e. The van der Waals surface area contributed by atoms with Gasteiger partial charge in [0, 0.05) is 18.2 Å². The Bertz CT molecular complexity index is 1390. The van der Waals surface area contributed by atoms with Gasteiger partial charge in [0.1, 0.15) is 24.2 Å². The number of nitrogens with one attached hydrogen (secondary N) is 1. The van der Waals surface area contributed by atoms with E-state index in [1.165, 1.54) is 61.4 Å². The zero-order valence-electron chi connectivity index (χ0n) is 22.7. The number of benzene rings is 3. The predicted octanol–water partition coefficient (Wildman–Crippen LogP) is 4.28. The Hall–Kier alpha value is -3.92. The van der Waals surface area contributed by atoms with Crippen LogP contribution in [0.2, 0.25) is 0 Å². The molecule has 0 aromatic heterocycles. The average molecular weight is 556 g/mol. The molecule has 1 atom stereocenters. The number of ether oxygens (including phenoxy) is 1. The van der Waals surface area contributed by atoms with Crippen molar-refractivity contribution in [3.05, 3.63) is 89.7 Å². The van der Waals surface area contributed by atoms with Crippen molar-refractivity contribution in [1.82, 2.24) is 10.2 Å². The molecule has 0 aliphatic carbocycles. The molecule has 1 unspecified atom stereocenters. The third kappa shape index (κ3) is 7.35. The zero-order chi connectivity index (χ0) is 28.7. The Morgan fingerprint density at radius 3 is 2.13 bits per heavy atom. The van der Waals surface area contributed by atoms with Crippen LogP contribution in [0.3, 0.4) is 0 Å². The Labute approximate surface area is 229 Å². The molecule has 10 heteroatoms. The second-order valence-corrected chi connectivity index (χ2v) is 11.3. The Morgan fingerprint density at radius 1 is 0.949 bits per heavy atom. The van der Waals surface area contributed by atoms with Crippen LogP contribution < -0.4 is 14.4 Å². The van der Waals surface area contributed by atoms with Crippen molar-refractivity contribution in [3.8, 4) is 5.75 Å². The first-order valence-corrected chi connectivity index (χ1v) is 13.9. The average Bonchev–Trinajstić information content (AvgIpc) is 2.91. The zero-order valence-corrected chi connectivity index (χ0v) is 23.5. The fourth-order valence-corrected chi connectivity index (χ4v) is 5.33. The second-order valence-electron chi connectivity index (χ2n) is 9.48. The lowest BCUT2D eigenvalue weighted by atomic mass is 10.1. The maximum Gasteiger partial charge on any atom is 0.264 e. The lowest BCUT2D eigenvalue weighted by Gasteiger charge is -2.32. The van der Waals surface area contributed by atoms with Crippen LogP contribution in [0.15, 0.2) is 77.7 Å². The molecule has 0 saturated heterocycles. The van der Waals surface area contributed by atoms with E-state index in [4.69, 9.17) is 4.74 Å². The second kappa shape index (κ2) is 12.8. The first-order chi connectivity index (χ1) is 18.4. The number of hydrogen-bond acceptors (Lipinski definition) is 5. The van der Waals surface area contributed by atoms with Crippen molar-refractivity contribution in [3.63, 3.8) is 0 Å². The Morgan fingerprint density at radius 2 is 1.56 bits per heavy atom. The molecular weight excluding hydrogens is 521 g/mol. The number of anilines is 1. The highest BCUT2D eigenvalue weighted by Gasteiger charge is 2.33. The lowest BCUT2D eigenvalue weighted by molar-refractivity contribution is -0.139. The number of methoxy groups -OCH3 is 1. The van der Waals surface area contributed by atoms with Crippen molar-refractivity contribution in [2.75, 3.05) is 18.0 Å². The summed E-state index contributed by atoms with van der Waals surface area (Å²) in [6, 6.07) is 17.3. The molecular formula is C29H34FN3O5S. The molecule has 8 nitrogen and oxygen atoms in total. The molecule has 39 heavy (non-hydrogen) atoms. The van der Waals surface area contributed by atoms with E-state index in [1.54, 1.807) is 44.2 Å². The third-order valence-electron chi connectivity index (χ3n) is 6.15. The van der Waals surface area contributed by atoms with Crippen molar-refractivity contribution in [2.45, 2.75) is 51.2 Å². The number of carbonyl (C=O) groups is 2. The Balaban J connectivity index is 2.04. The smallest absolute Gasteiger partial charge is 0.264 e. The van der Waals surface area contributed by atoms with Gasteiger partial charge in [0.15, 0.2) is 0 Å². The highest BCUT2D eigenvalue weighted by molar-refractivity contribution is 7.92. The van der Waals surface area contributed by atoms with Crippen molar-refractivity contribution >= 4 is 27.5 Å². The summed E-state index contributed by atoms with van der Waals surface area (Å²) in [5.74, 6) is -1.15. The topological polar surface area (TPSA) is 96.0 Å². The Kier molecular flexibility index (Phi) is 9.69. The summed E-state index contributed by atoms with van der Waals surface area (Å²) < 4.78 is 48.3. The summed E-state index contributed by atoms with van der Waals surface area (Å²) in [4.78, 5) is 27.9. The molecule has 2 amide bonds. The first-order valence-electron chi connectivity index (χ1n) is 12.5. The predicted molar refractivity (Wildman–Crippen MR) is 148 cm³/mol. The highest BCUT2D eigenvalue weighted by atomic mass is 32.2. The molecule has 1 N–H and O–H groups in total. The van der Waals surface area contributed by atoms with Gasteiger partial charge in [-0.15, -0.1) is 0 Å². The molecule has 0 aliphatic heterocycles. The monoisotopic (exact) mass is 555 g/mol. The van der Waals surface area contributed by atoms with Gasteiger partial charge in [0.05, 0.1) is 17.7 Å². The van der Waals surface area contributed by atoms with E-state index in [-0.39, 0.29) is 28.7 Å². The van der Waals surface area contributed by atoms with Crippen LogP contribution in [-0.2, 0) is 26.2 Å². The van der Waals surface area contributed by atoms with E-state index in [1.807, 2.05) is 6.92 Å². The number of halogens is 1. The molecule has 0 saturated carbocycles. The molecule has 3 aromatic rings. The van der Waals surface area contributed by atoms with Crippen LogP contribution in [0.1, 0.15) is 31.9 Å². The normalized spacial score (nSPS) is 12.1. The van der Waals surface area contributed by atoms with Crippen molar-refractivity contribution in [2.24, 2.45) is 0 Å². The molecule has 0 bridgehead atoms. The fourth-order valence-electron chi connectivity index (χ4n) is 3.91. The summed E-state index contributed by atoms with van der Waals surface area (Å²) in [7, 11) is -2.74. The van der Waals surface area contributed by atoms with E-state index in [9.17, 15) is 22.4 Å². The van der Waals surface area contributed by atoms with Gasteiger partial charge in [0.25, 0.3) is 10.0 Å². The molecule has 208 valence electrons. The first kappa shape index (κ1) is 29.6. The van der Waals surface area contributed by atoms with E-state index in [0.29, 0.717) is 5.75 Å². The summed E-state index contributed by atoms with van der Waals surface area (Å²) in [5, 5.41) is 2.77. The molecule has 0 heterocycles. The highest BCUT2D eigenvalue weighted by Crippen LogP contribution is 2.26. The summed E-state index contributed by atoms with van der Waals surface area (Å²) in [5.41, 5.74) is 1.39. The quantitative estimate of drug-likeness (QED) is 0.381. The fraction of sp³-hybridized carbons (Fsp3) is 0.310. The van der Waals surface area contributed by atoms with Gasteiger partial charge in [-0.3, -0.25) is 13.9 Å². The standard InChI is InChI=1S/C29H34FN3O5S/c1-20(2)31-29(35)22(4)32(18-23-8-6-7-9-27(23)30)28(34)19-33(24-12-10-21(3)11-13-24)39(36,37)26-16-14-25(38-5)15-17-26/h6-17,20,22H,18-19H2,1-5H3,(H,31,35). The number of rotatable bonds is 11. The maximum absolute atomic E-state index is 14.6. The van der Waals surface area contributed by atoms with E-state index in [0.717, 1.165) is 9.87 Å². The molecule has 0 radical (unpaired) electrons. The SMILES string of the molecule is COc1ccc(S(=O)(=O)N(CC(=O)N(Cc2ccccc2F)C(C)C(=O)NC(C)C)c2ccc(C)cc2)cc1. The number of nitrogens with zero attached hydrogens (tertiary/aromatic N) is 2. The van der Waals surface area contributed by atoms with E-state index >= 15 is 0 Å². The van der Waals surface area contributed by atoms with Crippen LogP contribution >= 0.6 is 0 Å². The number of aryl methyl sites for hydroxylation is 1.